The summed E-state index contributed by atoms with van der Waals surface area (Å²) >= 11 is 0. The van der Waals surface area contributed by atoms with Crippen molar-refractivity contribution >= 4 is 28.7 Å². The van der Waals surface area contributed by atoms with Crippen molar-refractivity contribution in [1.82, 2.24) is 4.98 Å². The number of carbonyl (C=O) groups is 2. The number of fused-ring (bicyclic) bond motifs is 2. The topological polar surface area (TPSA) is 109 Å². The molecular weight excluding hydrogens is 338 g/mol. The summed E-state index contributed by atoms with van der Waals surface area (Å²) in [5, 5.41) is 20.1. The summed E-state index contributed by atoms with van der Waals surface area (Å²) < 4.78 is 10.2. The molecule has 3 N–H and O–H groups in total. The maximum Gasteiger partial charge on any atom is 0.337 e. The molecule has 0 fully saturated rings. The summed E-state index contributed by atoms with van der Waals surface area (Å²) in [6.45, 7) is 0. The van der Waals surface area contributed by atoms with Crippen molar-refractivity contribution in [3.63, 3.8) is 0 Å². The Hall–Kier alpha value is -3.74. The maximum absolute atomic E-state index is 12.5. The number of phenolic OH excluding ortho intramolecular Hbond substituents is 2. The van der Waals surface area contributed by atoms with Crippen LogP contribution in [0.15, 0.2) is 42.3 Å². The highest BCUT2D eigenvalue weighted by molar-refractivity contribution is 6.16. The van der Waals surface area contributed by atoms with Crippen molar-refractivity contribution in [2.24, 2.45) is 0 Å². The summed E-state index contributed by atoms with van der Waals surface area (Å²) in [7, 11) is 1.30. The third kappa shape index (κ3) is 2.37. The minimum atomic E-state index is -0.490. The van der Waals surface area contributed by atoms with Crippen LogP contribution >= 0.6 is 0 Å². The number of methoxy groups -OCH3 is 1. The molecule has 0 spiro atoms. The van der Waals surface area contributed by atoms with Gasteiger partial charge in [-0.05, 0) is 24.3 Å². The summed E-state index contributed by atoms with van der Waals surface area (Å²) in [5.41, 5.74) is 1.78. The number of aromatic nitrogens is 1. The number of ketones is 1. The van der Waals surface area contributed by atoms with E-state index in [1.165, 1.54) is 19.3 Å². The van der Waals surface area contributed by atoms with Crippen LogP contribution in [0.3, 0.4) is 0 Å². The first-order valence-electron chi connectivity index (χ1n) is 7.67. The largest absolute Gasteiger partial charge is 0.508 e. The van der Waals surface area contributed by atoms with Gasteiger partial charge < -0.3 is 24.7 Å². The molecule has 0 bridgehead atoms. The predicted octanol–water partition coefficient (Wildman–Crippen LogP) is 2.98. The molecule has 0 unspecified atom stereocenters. The first-order valence-corrected chi connectivity index (χ1v) is 7.67. The van der Waals surface area contributed by atoms with Gasteiger partial charge in [0.15, 0.2) is 5.76 Å². The van der Waals surface area contributed by atoms with Crippen molar-refractivity contribution in [2.75, 3.05) is 7.11 Å². The number of aromatic hydroxyl groups is 2. The van der Waals surface area contributed by atoms with Crippen molar-refractivity contribution in [3.05, 3.63) is 59.0 Å². The van der Waals surface area contributed by atoms with Gasteiger partial charge in [-0.1, -0.05) is 0 Å². The zero-order valence-electron chi connectivity index (χ0n) is 13.6. The van der Waals surface area contributed by atoms with Crippen LogP contribution < -0.4 is 4.74 Å². The molecule has 7 heteroatoms. The SMILES string of the molecule is COC(=O)c1ccc2[nH]cc(C=C3Oc4cc(O)cc(O)c4C3=O)c2c1. The van der Waals surface area contributed by atoms with Crippen LogP contribution in [0.25, 0.3) is 17.0 Å². The quantitative estimate of drug-likeness (QED) is 0.484. The average molecular weight is 351 g/mol. The number of nitrogens with one attached hydrogen (secondary N) is 1. The molecule has 0 amide bonds. The van der Waals surface area contributed by atoms with Crippen LogP contribution in [0.2, 0.25) is 0 Å². The second-order valence-electron chi connectivity index (χ2n) is 5.77. The Morgan fingerprint density at radius 3 is 2.81 bits per heavy atom. The van der Waals surface area contributed by atoms with Crippen LogP contribution in [0.4, 0.5) is 0 Å². The van der Waals surface area contributed by atoms with E-state index in [0.717, 1.165) is 11.6 Å². The fourth-order valence-electron chi connectivity index (χ4n) is 2.93. The van der Waals surface area contributed by atoms with Crippen LogP contribution in [0.5, 0.6) is 17.2 Å². The zero-order chi connectivity index (χ0) is 18.4. The van der Waals surface area contributed by atoms with Crippen molar-refractivity contribution in [3.8, 4) is 17.2 Å². The Morgan fingerprint density at radius 2 is 2.04 bits per heavy atom. The Bertz CT molecular complexity index is 1110. The number of hydrogen-bond acceptors (Lipinski definition) is 6. The number of esters is 1. The number of H-pyrrole nitrogens is 1. The van der Waals surface area contributed by atoms with Gasteiger partial charge in [-0.2, -0.15) is 0 Å². The van der Waals surface area contributed by atoms with E-state index in [1.54, 1.807) is 24.4 Å². The second-order valence-corrected chi connectivity index (χ2v) is 5.77. The minimum absolute atomic E-state index is 0.00383. The van der Waals surface area contributed by atoms with E-state index in [1.807, 2.05) is 0 Å². The monoisotopic (exact) mass is 351 g/mol. The highest BCUT2D eigenvalue weighted by Crippen LogP contribution is 2.40. The van der Waals surface area contributed by atoms with Crippen molar-refractivity contribution in [1.29, 1.82) is 0 Å². The second kappa shape index (κ2) is 5.66. The smallest absolute Gasteiger partial charge is 0.337 e. The Balaban J connectivity index is 1.79. The van der Waals surface area contributed by atoms with Gasteiger partial charge >= 0.3 is 5.97 Å². The van der Waals surface area contributed by atoms with E-state index < -0.39 is 11.8 Å². The van der Waals surface area contributed by atoms with Crippen LogP contribution in [0, 0.1) is 0 Å². The van der Waals surface area contributed by atoms with Crippen LogP contribution in [0.1, 0.15) is 26.3 Å². The molecule has 7 nitrogen and oxygen atoms in total. The van der Waals surface area contributed by atoms with Crippen molar-refractivity contribution < 1.29 is 29.3 Å². The molecule has 26 heavy (non-hydrogen) atoms. The van der Waals surface area contributed by atoms with Gasteiger partial charge in [0.25, 0.3) is 0 Å². The van der Waals surface area contributed by atoms with Gasteiger partial charge in [-0.3, -0.25) is 4.79 Å². The number of rotatable bonds is 2. The highest BCUT2D eigenvalue weighted by Gasteiger charge is 2.31. The molecular formula is C19H13NO6. The lowest BCUT2D eigenvalue weighted by Crippen LogP contribution is -2.00. The molecule has 1 aliphatic heterocycles. The number of benzene rings is 2. The molecule has 130 valence electrons. The van der Waals surface area contributed by atoms with E-state index >= 15 is 0 Å². The fraction of sp³-hybridized carbons (Fsp3) is 0.0526. The molecule has 0 atom stereocenters. The number of aromatic amines is 1. The van der Waals surface area contributed by atoms with Gasteiger partial charge in [0.1, 0.15) is 22.8 Å². The number of ether oxygens (including phenoxy) is 2. The van der Waals surface area contributed by atoms with Gasteiger partial charge in [0.05, 0.1) is 12.7 Å². The predicted molar refractivity (Wildman–Crippen MR) is 92.3 cm³/mol. The van der Waals surface area contributed by atoms with Crippen LogP contribution in [-0.2, 0) is 4.74 Å². The summed E-state index contributed by atoms with van der Waals surface area (Å²) in [4.78, 5) is 27.3. The third-order valence-electron chi connectivity index (χ3n) is 4.16. The Kier molecular flexibility index (Phi) is 3.43. The van der Waals surface area contributed by atoms with Gasteiger partial charge in [-0.15, -0.1) is 0 Å². The molecule has 2 aromatic carbocycles. The number of allylic oxidation sites excluding steroid dienone is 1. The molecule has 0 saturated carbocycles. The zero-order valence-corrected chi connectivity index (χ0v) is 13.6. The molecule has 2 heterocycles. The maximum atomic E-state index is 12.5. The lowest BCUT2D eigenvalue weighted by atomic mass is 10.1. The first kappa shape index (κ1) is 15.8. The van der Waals surface area contributed by atoms with E-state index in [4.69, 9.17) is 9.47 Å². The molecule has 0 saturated heterocycles. The van der Waals surface area contributed by atoms with E-state index in [2.05, 4.69) is 4.98 Å². The third-order valence-corrected chi connectivity index (χ3v) is 4.16. The Labute approximate surface area is 147 Å². The molecule has 1 aromatic heterocycles. The molecule has 0 aliphatic carbocycles. The first-order chi connectivity index (χ1) is 12.5. The van der Waals surface area contributed by atoms with Gasteiger partial charge in [0, 0.05) is 34.8 Å². The molecule has 1 aliphatic rings. The number of phenols is 2. The molecule has 4 rings (SSSR count). The highest BCUT2D eigenvalue weighted by atomic mass is 16.5. The van der Waals surface area contributed by atoms with E-state index in [-0.39, 0.29) is 28.6 Å². The minimum Gasteiger partial charge on any atom is -0.508 e. The summed E-state index contributed by atoms with van der Waals surface area (Å²) in [6, 6.07) is 7.37. The van der Waals surface area contributed by atoms with Gasteiger partial charge in [-0.25, -0.2) is 4.79 Å². The summed E-state index contributed by atoms with van der Waals surface area (Å²) in [5.74, 6) is -1.41. The van der Waals surface area contributed by atoms with Crippen LogP contribution in [-0.4, -0.2) is 34.1 Å². The lowest BCUT2D eigenvalue weighted by molar-refractivity contribution is 0.0600. The number of hydrogen-bond donors (Lipinski definition) is 3. The van der Waals surface area contributed by atoms with Crippen molar-refractivity contribution in [2.45, 2.75) is 0 Å². The normalized spacial score (nSPS) is 14.5. The average Bonchev–Trinajstić information content (AvgIpc) is 3.15. The number of Topliss-reactive ketones (excluding diaryl/α,β-unsaturated/α-hetero) is 1. The molecule has 0 radical (unpaired) electrons. The number of carbonyl (C=O) groups excluding carboxylic acids is 2. The standard InChI is InChI=1S/C19H13NO6/c1-25-19(24)9-2-3-13-12(4-9)10(8-20-13)5-16-18(23)17-14(22)6-11(21)7-15(17)26-16/h2-8,20-22H,1H3. The Morgan fingerprint density at radius 1 is 1.23 bits per heavy atom. The van der Waals surface area contributed by atoms with E-state index in [0.29, 0.717) is 16.5 Å². The fourth-order valence-corrected chi connectivity index (χ4v) is 2.93. The molecule has 3 aromatic rings. The van der Waals surface area contributed by atoms with Gasteiger partial charge in [0.2, 0.25) is 5.78 Å². The van der Waals surface area contributed by atoms with E-state index in [9.17, 15) is 19.8 Å². The lowest BCUT2D eigenvalue weighted by Gasteiger charge is -2.01. The summed E-state index contributed by atoms with van der Waals surface area (Å²) in [6.07, 6.45) is 3.19.